The smallest absolute Gasteiger partial charge is 0.251 e. The maximum atomic E-state index is 12.4. The molecule has 0 aromatic carbocycles. The maximum absolute atomic E-state index is 12.4. The summed E-state index contributed by atoms with van der Waals surface area (Å²) < 4.78 is 5.49. The van der Waals surface area contributed by atoms with Crippen LogP contribution in [-0.2, 0) is 19.1 Å². The number of carbonyl (C=O) groups is 3. The predicted octanol–water partition coefficient (Wildman–Crippen LogP) is 1.31. The SMILES string of the molecule is O=C(CCN1CCCCCC1=O)NCC1CCN(C(=O)[C@H]2CCCO2)CC1. The Morgan fingerprint density at radius 2 is 1.85 bits per heavy atom. The van der Waals surface area contributed by atoms with Gasteiger partial charge >= 0.3 is 0 Å². The molecule has 7 heteroatoms. The molecule has 0 spiro atoms. The summed E-state index contributed by atoms with van der Waals surface area (Å²) in [7, 11) is 0. The third kappa shape index (κ3) is 5.92. The van der Waals surface area contributed by atoms with Crippen LogP contribution in [0.25, 0.3) is 0 Å². The molecule has 0 aromatic heterocycles. The number of piperidine rings is 1. The van der Waals surface area contributed by atoms with Gasteiger partial charge in [0, 0.05) is 52.2 Å². The molecule has 3 fully saturated rings. The molecule has 3 rings (SSSR count). The van der Waals surface area contributed by atoms with Crippen molar-refractivity contribution in [1.29, 1.82) is 0 Å². The molecule has 0 bridgehead atoms. The fourth-order valence-electron chi connectivity index (χ4n) is 4.19. The van der Waals surface area contributed by atoms with E-state index in [4.69, 9.17) is 4.74 Å². The Balaban J connectivity index is 1.30. The highest BCUT2D eigenvalue weighted by Gasteiger charge is 2.30. The molecule has 152 valence electrons. The van der Waals surface area contributed by atoms with Gasteiger partial charge in [0.25, 0.3) is 5.91 Å². The molecule has 0 saturated carbocycles. The minimum atomic E-state index is -0.233. The zero-order valence-electron chi connectivity index (χ0n) is 16.3. The van der Waals surface area contributed by atoms with Gasteiger partial charge in [-0.2, -0.15) is 0 Å². The quantitative estimate of drug-likeness (QED) is 0.755. The minimum absolute atomic E-state index is 0.0184. The lowest BCUT2D eigenvalue weighted by atomic mass is 9.96. The van der Waals surface area contributed by atoms with Crippen LogP contribution >= 0.6 is 0 Å². The summed E-state index contributed by atoms with van der Waals surface area (Å²) in [5.41, 5.74) is 0. The number of amides is 3. The summed E-state index contributed by atoms with van der Waals surface area (Å²) in [6.07, 6.45) is 7.52. The average molecular weight is 380 g/mol. The molecule has 3 heterocycles. The summed E-state index contributed by atoms with van der Waals surface area (Å²) in [4.78, 5) is 40.2. The summed E-state index contributed by atoms with van der Waals surface area (Å²) in [5, 5.41) is 3.02. The highest BCUT2D eigenvalue weighted by molar-refractivity contribution is 5.81. The van der Waals surface area contributed by atoms with E-state index in [0.29, 0.717) is 38.5 Å². The lowest BCUT2D eigenvalue weighted by Crippen LogP contribution is -2.45. The zero-order valence-corrected chi connectivity index (χ0v) is 16.3. The molecule has 27 heavy (non-hydrogen) atoms. The molecule has 3 amide bonds. The predicted molar refractivity (Wildman–Crippen MR) is 101 cm³/mol. The molecule has 3 aliphatic heterocycles. The van der Waals surface area contributed by atoms with Gasteiger partial charge in [-0.3, -0.25) is 14.4 Å². The summed E-state index contributed by atoms with van der Waals surface area (Å²) in [6.45, 7) is 4.17. The molecular weight excluding hydrogens is 346 g/mol. The molecule has 0 unspecified atom stereocenters. The van der Waals surface area contributed by atoms with Crippen molar-refractivity contribution in [2.24, 2.45) is 5.92 Å². The van der Waals surface area contributed by atoms with Crippen LogP contribution in [0.3, 0.4) is 0 Å². The molecular formula is C20H33N3O4. The Bertz CT molecular complexity index is 525. The van der Waals surface area contributed by atoms with Crippen LogP contribution in [-0.4, -0.2) is 73.0 Å². The fourth-order valence-corrected chi connectivity index (χ4v) is 4.19. The van der Waals surface area contributed by atoms with Crippen LogP contribution in [0.5, 0.6) is 0 Å². The molecule has 3 aliphatic rings. The Morgan fingerprint density at radius 1 is 1.04 bits per heavy atom. The van der Waals surface area contributed by atoms with Crippen LogP contribution in [0.1, 0.15) is 57.8 Å². The first-order chi connectivity index (χ1) is 13.1. The summed E-state index contributed by atoms with van der Waals surface area (Å²) >= 11 is 0. The van der Waals surface area contributed by atoms with E-state index in [-0.39, 0.29) is 23.8 Å². The standard InChI is InChI=1S/C20H33N3O4/c24-18(9-13-22-10-3-1-2-6-19(22)25)21-15-16-7-11-23(12-8-16)20(26)17-5-4-14-27-17/h16-17H,1-15H2,(H,21,24)/t17-/m1/s1. The fraction of sp³-hybridized carbons (Fsp3) is 0.850. The number of nitrogens with one attached hydrogen (secondary N) is 1. The van der Waals surface area contributed by atoms with Gasteiger partial charge in [0.15, 0.2) is 0 Å². The highest BCUT2D eigenvalue weighted by atomic mass is 16.5. The molecule has 0 aromatic rings. The molecule has 1 atom stereocenters. The van der Waals surface area contributed by atoms with Crippen LogP contribution in [0.2, 0.25) is 0 Å². The zero-order chi connectivity index (χ0) is 19.1. The number of carbonyl (C=O) groups excluding carboxylic acids is 3. The van der Waals surface area contributed by atoms with Crippen molar-refractivity contribution in [2.75, 3.05) is 39.3 Å². The van der Waals surface area contributed by atoms with Gasteiger partial charge in [-0.15, -0.1) is 0 Å². The summed E-state index contributed by atoms with van der Waals surface area (Å²) in [6, 6.07) is 0. The van der Waals surface area contributed by atoms with Crippen LogP contribution in [0.4, 0.5) is 0 Å². The Morgan fingerprint density at radius 3 is 2.59 bits per heavy atom. The van der Waals surface area contributed by atoms with Gasteiger partial charge in [-0.05, 0) is 44.4 Å². The van der Waals surface area contributed by atoms with E-state index < -0.39 is 0 Å². The van der Waals surface area contributed by atoms with E-state index in [0.717, 1.165) is 64.6 Å². The third-order valence-electron chi connectivity index (χ3n) is 6.00. The van der Waals surface area contributed by atoms with Crippen LogP contribution in [0.15, 0.2) is 0 Å². The van der Waals surface area contributed by atoms with Gasteiger partial charge in [0.1, 0.15) is 6.10 Å². The van der Waals surface area contributed by atoms with E-state index >= 15 is 0 Å². The van der Waals surface area contributed by atoms with E-state index in [1.807, 2.05) is 9.80 Å². The van der Waals surface area contributed by atoms with Crippen molar-refractivity contribution in [3.63, 3.8) is 0 Å². The van der Waals surface area contributed by atoms with Gasteiger partial charge < -0.3 is 19.9 Å². The van der Waals surface area contributed by atoms with E-state index in [1.54, 1.807) is 0 Å². The lowest BCUT2D eigenvalue weighted by molar-refractivity contribution is -0.142. The number of likely N-dealkylation sites (tertiary alicyclic amines) is 2. The van der Waals surface area contributed by atoms with Crippen molar-refractivity contribution in [2.45, 2.75) is 63.9 Å². The van der Waals surface area contributed by atoms with Crippen molar-refractivity contribution < 1.29 is 19.1 Å². The van der Waals surface area contributed by atoms with Crippen LogP contribution < -0.4 is 5.32 Å². The molecule has 0 radical (unpaired) electrons. The Kier molecular flexibility index (Phi) is 7.50. The molecule has 0 aliphatic carbocycles. The number of hydrogen-bond acceptors (Lipinski definition) is 4. The van der Waals surface area contributed by atoms with E-state index in [9.17, 15) is 14.4 Å². The topological polar surface area (TPSA) is 79.0 Å². The van der Waals surface area contributed by atoms with Crippen molar-refractivity contribution in [3.8, 4) is 0 Å². The van der Waals surface area contributed by atoms with Crippen molar-refractivity contribution >= 4 is 17.7 Å². The molecule has 1 N–H and O–H groups in total. The second kappa shape index (κ2) is 10.1. The third-order valence-corrected chi connectivity index (χ3v) is 6.00. The van der Waals surface area contributed by atoms with E-state index in [2.05, 4.69) is 5.32 Å². The monoisotopic (exact) mass is 379 g/mol. The lowest BCUT2D eigenvalue weighted by Gasteiger charge is -2.33. The minimum Gasteiger partial charge on any atom is -0.368 e. The second-order valence-electron chi connectivity index (χ2n) is 8.02. The molecule has 7 nitrogen and oxygen atoms in total. The normalized spacial score (nSPS) is 24.7. The highest BCUT2D eigenvalue weighted by Crippen LogP contribution is 2.21. The van der Waals surface area contributed by atoms with Gasteiger partial charge in [0.05, 0.1) is 0 Å². The first-order valence-corrected chi connectivity index (χ1v) is 10.6. The van der Waals surface area contributed by atoms with Crippen LogP contribution in [0, 0.1) is 5.92 Å². The van der Waals surface area contributed by atoms with Crippen molar-refractivity contribution in [3.05, 3.63) is 0 Å². The number of ether oxygens (including phenoxy) is 1. The van der Waals surface area contributed by atoms with Gasteiger partial charge in [-0.1, -0.05) is 6.42 Å². The maximum Gasteiger partial charge on any atom is 0.251 e. The average Bonchev–Trinajstić information content (AvgIpc) is 3.15. The number of rotatable bonds is 6. The van der Waals surface area contributed by atoms with Crippen molar-refractivity contribution in [1.82, 2.24) is 15.1 Å². The first kappa shape index (κ1) is 20.1. The largest absolute Gasteiger partial charge is 0.368 e. The molecule has 3 saturated heterocycles. The first-order valence-electron chi connectivity index (χ1n) is 10.6. The summed E-state index contributed by atoms with van der Waals surface area (Å²) in [5.74, 6) is 0.757. The Hall–Kier alpha value is -1.63. The Labute approximate surface area is 161 Å². The second-order valence-corrected chi connectivity index (χ2v) is 8.02. The number of hydrogen-bond donors (Lipinski definition) is 1. The number of nitrogens with zero attached hydrogens (tertiary/aromatic N) is 2. The van der Waals surface area contributed by atoms with Gasteiger partial charge in [-0.25, -0.2) is 0 Å². The van der Waals surface area contributed by atoms with Gasteiger partial charge in [0.2, 0.25) is 11.8 Å². The van der Waals surface area contributed by atoms with E-state index in [1.165, 1.54) is 0 Å².